The van der Waals surface area contributed by atoms with Crippen LogP contribution in [0.4, 0.5) is 0 Å². The van der Waals surface area contributed by atoms with Crippen LogP contribution < -0.4 is 10.6 Å². The fourth-order valence-corrected chi connectivity index (χ4v) is 1.50. The molecule has 1 heterocycles. The van der Waals surface area contributed by atoms with Gasteiger partial charge in [-0.1, -0.05) is 32.6 Å². The minimum atomic E-state index is 0.506. The Morgan fingerprint density at radius 3 is 2.33 bits per heavy atom. The maximum Gasteiger partial charge on any atom is 0.0955 e. The third-order valence-corrected chi connectivity index (χ3v) is 2.27. The molecule has 0 aromatic carbocycles. The third-order valence-electron chi connectivity index (χ3n) is 2.27. The molecule has 2 nitrogen and oxygen atoms in total. The lowest BCUT2D eigenvalue weighted by molar-refractivity contribution is 0.486. The van der Waals surface area contributed by atoms with Gasteiger partial charge in [0.25, 0.3) is 0 Å². The smallest absolute Gasteiger partial charge is 0.0955 e. The number of nitrogens with one attached hydrogen (secondary N) is 2. The topological polar surface area (TPSA) is 24.1 Å². The molecular formula is C10H20N2. The van der Waals surface area contributed by atoms with E-state index in [1.807, 2.05) is 12.4 Å². The van der Waals surface area contributed by atoms with Crippen LogP contribution in [0.15, 0.2) is 12.4 Å². The van der Waals surface area contributed by atoms with Crippen molar-refractivity contribution in [3.05, 3.63) is 12.4 Å². The van der Waals surface area contributed by atoms with E-state index >= 15 is 0 Å². The molecule has 0 saturated carbocycles. The minimum absolute atomic E-state index is 0.506. The highest BCUT2D eigenvalue weighted by Crippen LogP contribution is 2.07. The number of rotatable bonds is 6. The highest BCUT2D eigenvalue weighted by molar-refractivity contribution is 4.90. The summed E-state index contributed by atoms with van der Waals surface area (Å²) in [5.41, 5.74) is 0. The van der Waals surface area contributed by atoms with Crippen LogP contribution in [0, 0.1) is 0 Å². The van der Waals surface area contributed by atoms with Gasteiger partial charge in [-0.15, -0.1) is 0 Å². The molecule has 0 spiro atoms. The Labute approximate surface area is 75.4 Å². The van der Waals surface area contributed by atoms with Crippen LogP contribution >= 0.6 is 0 Å². The van der Waals surface area contributed by atoms with Crippen LogP contribution in [0.2, 0.25) is 0 Å². The van der Waals surface area contributed by atoms with Gasteiger partial charge in [-0.05, 0) is 12.8 Å². The van der Waals surface area contributed by atoms with Gasteiger partial charge in [-0.2, -0.15) is 0 Å². The Balaban J connectivity index is 1.82. The summed E-state index contributed by atoms with van der Waals surface area (Å²) in [6.07, 6.45) is 12.6. The zero-order valence-corrected chi connectivity index (χ0v) is 7.97. The van der Waals surface area contributed by atoms with Gasteiger partial charge in [-0.3, -0.25) is 0 Å². The van der Waals surface area contributed by atoms with Crippen LogP contribution in [0.5, 0.6) is 0 Å². The number of unbranched alkanes of at least 4 members (excludes halogenated alkanes) is 4. The minimum Gasteiger partial charge on any atom is -0.370 e. The predicted molar refractivity (Wildman–Crippen MR) is 52.6 cm³/mol. The molecule has 0 aliphatic carbocycles. The van der Waals surface area contributed by atoms with E-state index in [0.717, 1.165) is 0 Å². The Bertz CT molecular complexity index is 124. The second-order valence-corrected chi connectivity index (χ2v) is 3.42. The summed E-state index contributed by atoms with van der Waals surface area (Å²) in [6, 6.07) is 0. The highest BCUT2D eigenvalue weighted by Gasteiger charge is 2.05. The summed E-state index contributed by atoms with van der Waals surface area (Å²) in [5.74, 6) is 0. The van der Waals surface area contributed by atoms with E-state index in [0.29, 0.717) is 6.17 Å². The summed E-state index contributed by atoms with van der Waals surface area (Å²) >= 11 is 0. The third kappa shape index (κ3) is 3.65. The molecule has 12 heavy (non-hydrogen) atoms. The van der Waals surface area contributed by atoms with Gasteiger partial charge in [0, 0.05) is 12.4 Å². The van der Waals surface area contributed by atoms with E-state index in [1.165, 1.54) is 38.5 Å². The molecule has 0 amide bonds. The molecule has 0 bridgehead atoms. The van der Waals surface area contributed by atoms with Crippen LogP contribution in [-0.4, -0.2) is 6.17 Å². The fourth-order valence-electron chi connectivity index (χ4n) is 1.50. The van der Waals surface area contributed by atoms with Gasteiger partial charge in [0.05, 0.1) is 6.17 Å². The zero-order valence-electron chi connectivity index (χ0n) is 7.97. The molecule has 1 aliphatic heterocycles. The quantitative estimate of drug-likeness (QED) is 0.595. The first-order chi connectivity index (χ1) is 5.93. The maximum atomic E-state index is 3.26. The van der Waals surface area contributed by atoms with Crippen molar-refractivity contribution in [3.8, 4) is 0 Å². The van der Waals surface area contributed by atoms with Crippen molar-refractivity contribution in [2.75, 3.05) is 0 Å². The Hall–Kier alpha value is -0.660. The average Bonchev–Trinajstić information content (AvgIpc) is 2.57. The van der Waals surface area contributed by atoms with Crippen LogP contribution in [0.1, 0.15) is 45.4 Å². The van der Waals surface area contributed by atoms with E-state index in [-0.39, 0.29) is 0 Å². The van der Waals surface area contributed by atoms with Gasteiger partial charge in [-0.25, -0.2) is 0 Å². The average molecular weight is 168 g/mol. The molecule has 70 valence electrons. The van der Waals surface area contributed by atoms with Gasteiger partial charge in [0.2, 0.25) is 0 Å². The van der Waals surface area contributed by atoms with Crippen molar-refractivity contribution >= 4 is 0 Å². The summed E-state index contributed by atoms with van der Waals surface area (Å²) in [7, 11) is 0. The van der Waals surface area contributed by atoms with Crippen molar-refractivity contribution in [1.29, 1.82) is 0 Å². The molecule has 2 heteroatoms. The van der Waals surface area contributed by atoms with E-state index in [9.17, 15) is 0 Å². The Morgan fingerprint density at radius 1 is 1.00 bits per heavy atom. The second kappa shape index (κ2) is 5.92. The first-order valence-electron chi connectivity index (χ1n) is 5.10. The second-order valence-electron chi connectivity index (χ2n) is 3.42. The van der Waals surface area contributed by atoms with Crippen molar-refractivity contribution in [2.24, 2.45) is 0 Å². The highest BCUT2D eigenvalue weighted by atomic mass is 15.1. The lowest BCUT2D eigenvalue weighted by atomic mass is 10.1. The van der Waals surface area contributed by atoms with Crippen molar-refractivity contribution in [3.63, 3.8) is 0 Å². The molecule has 0 fully saturated rings. The molecular weight excluding hydrogens is 148 g/mol. The molecule has 0 atom stereocenters. The van der Waals surface area contributed by atoms with Gasteiger partial charge in [0.1, 0.15) is 0 Å². The fraction of sp³-hybridized carbons (Fsp3) is 0.800. The maximum absolute atomic E-state index is 3.26. The molecule has 0 saturated heterocycles. The first-order valence-corrected chi connectivity index (χ1v) is 5.10. The molecule has 2 N–H and O–H groups in total. The van der Waals surface area contributed by atoms with Crippen LogP contribution in [0.3, 0.4) is 0 Å². The zero-order chi connectivity index (χ0) is 8.65. The molecule has 0 radical (unpaired) electrons. The molecule has 0 aromatic rings. The van der Waals surface area contributed by atoms with E-state index in [2.05, 4.69) is 17.6 Å². The van der Waals surface area contributed by atoms with E-state index < -0.39 is 0 Å². The Morgan fingerprint density at radius 2 is 1.67 bits per heavy atom. The van der Waals surface area contributed by atoms with E-state index in [1.54, 1.807) is 0 Å². The lowest BCUT2D eigenvalue weighted by Crippen LogP contribution is -2.30. The molecule has 1 aliphatic rings. The van der Waals surface area contributed by atoms with Gasteiger partial charge >= 0.3 is 0 Å². The van der Waals surface area contributed by atoms with Crippen molar-refractivity contribution in [1.82, 2.24) is 10.6 Å². The first kappa shape index (κ1) is 9.43. The van der Waals surface area contributed by atoms with Crippen LogP contribution in [-0.2, 0) is 0 Å². The van der Waals surface area contributed by atoms with E-state index in [4.69, 9.17) is 0 Å². The predicted octanol–water partition coefficient (Wildman–Crippen LogP) is 2.34. The van der Waals surface area contributed by atoms with Gasteiger partial charge in [0.15, 0.2) is 0 Å². The summed E-state index contributed by atoms with van der Waals surface area (Å²) in [6.45, 7) is 2.25. The standard InChI is InChI=1S/C10H20N2/c1-2-3-4-5-6-7-10-11-8-9-12-10/h8-12H,2-7H2,1H3. The summed E-state index contributed by atoms with van der Waals surface area (Å²) in [4.78, 5) is 0. The summed E-state index contributed by atoms with van der Waals surface area (Å²) in [5, 5.41) is 6.51. The lowest BCUT2D eigenvalue weighted by Gasteiger charge is -2.11. The van der Waals surface area contributed by atoms with Gasteiger partial charge < -0.3 is 10.6 Å². The monoisotopic (exact) mass is 168 g/mol. The molecule has 0 unspecified atom stereocenters. The normalized spacial score (nSPS) is 16.1. The Kier molecular flexibility index (Phi) is 4.65. The van der Waals surface area contributed by atoms with Crippen LogP contribution in [0.25, 0.3) is 0 Å². The summed E-state index contributed by atoms with van der Waals surface area (Å²) < 4.78 is 0. The van der Waals surface area contributed by atoms with Crippen molar-refractivity contribution < 1.29 is 0 Å². The number of hydrogen-bond donors (Lipinski definition) is 2. The molecule has 0 aromatic heterocycles. The van der Waals surface area contributed by atoms with Crippen molar-refractivity contribution in [2.45, 2.75) is 51.6 Å². The number of hydrogen-bond acceptors (Lipinski definition) is 2. The molecule has 1 rings (SSSR count). The SMILES string of the molecule is CCCCCCCC1NC=CN1. The largest absolute Gasteiger partial charge is 0.370 e.